The predicted molar refractivity (Wildman–Crippen MR) is 122 cm³/mol. The first kappa shape index (κ1) is 25.2. The number of rotatable bonds is 7. The summed E-state index contributed by atoms with van der Waals surface area (Å²) < 4.78 is 40.5. The van der Waals surface area contributed by atoms with Crippen molar-refractivity contribution in [2.24, 2.45) is 4.99 Å². The summed E-state index contributed by atoms with van der Waals surface area (Å²) in [5.74, 6) is -1.45. The third kappa shape index (κ3) is 7.85. The summed E-state index contributed by atoms with van der Waals surface area (Å²) in [5, 5.41) is 6.30. The van der Waals surface area contributed by atoms with Gasteiger partial charge in [-0.15, -0.1) is 24.0 Å². The summed E-state index contributed by atoms with van der Waals surface area (Å²) in [6, 6.07) is 8.51. The van der Waals surface area contributed by atoms with Crippen molar-refractivity contribution in [2.45, 2.75) is 33.0 Å². The lowest BCUT2D eigenvalue weighted by molar-refractivity contribution is 0.392. The van der Waals surface area contributed by atoms with Gasteiger partial charge in [0.2, 0.25) is 0 Å². The fourth-order valence-electron chi connectivity index (χ4n) is 2.75. The van der Waals surface area contributed by atoms with Crippen LogP contribution in [0.1, 0.15) is 36.6 Å². The van der Waals surface area contributed by atoms with Crippen molar-refractivity contribution in [1.29, 1.82) is 0 Å². The average molecular weight is 520 g/mol. The molecule has 0 aliphatic heterocycles. The normalized spacial score (nSPS) is 12.5. The van der Waals surface area contributed by atoms with E-state index >= 15 is 0 Å². The van der Waals surface area contributed by atoms with Crippen LogP contribution in [-0.2, 0) is 13.1 Å². The van der Waals surface area contributed by atoms with Crippen LogP contribution < -0.4 is 10.6 Å². The average Bonchev–Trinajstić information content (AvgIpc) is 2.64. The zero-order valence-electron chi connectivity index (χ0n) is 17.1. The Bertz CT molecular complexity index is 828. The van der Waals surface area contributed by atoms with Gasteiger partial charge in [-0.2, -0.15) is 0 Å². The number of nitrogens with zero attached hydrogens (tertiary/aromatic N) is 2. The van der Waals surface area contributed by atoms with Gasteiger partial charge in [-0.1, -0.05) is 12.1 Å². The van der Waals surface area contributed by atoms with Crippen LogP contribution in [0.2, 0.25) is 0 Å². The molecule has 0 saturated heterocycles. The van der Waals surface area contributed by atoms with Crippen molar-refractivity contribution in [3.8, 4) is 0 Å². The maximum absolute atomic E-state index is 13.9. The number of nitrogens with one attached hydrogen (secondary N) is 2. The maximum Gasteiger partial charge on any atom is 0.192 e. The lowest BCUT2D eigenvalue weighted by Crippen LogP contribution is -2.38. The van der Waals surface area contributed by atoms with E-state index in [1.165, 1.54) is 18.2 Å². The first-order valence-corrected chi connectivity index (χ1v) is 9.22. The minimum Gasteiger partial charge on any atom is -0.357 e. The molecule has 0 amide bonds. The highest BCUT2D eigenvalue weighted by atomic mass is 127. The van der Waals surface area contributed by atoms with Crippen molar-refractivity contribution in [3.63, 3.8) is 0 Å². The van der Waals surface area contributed by atoms with Crippen molar-refractivity contribution in [1.82, 2.24) is 15.5 Å². The third-order valence-electron chi connectivity index (χ3n) is 4.16. The van der Waals surface area contributed by atoms with E-state index in [-0.39, 0.29) is 35.8 Å². The molecule has 0 bridgehead atoms. The Kier molecular flexibility index (Phi) is 10.5. The van der Waals surface area contributed by atoms with E-state index in [2.05, 4.69) is 15.6 Å². The molecule has 0 heterocycles. The minimum atomic E-state index is -0.882. The van der Waals surface area contributed by atoms with Gasteiger partial charge in [0.1, 0.15) is 5.82 Å². The lowest BCUT2D eigenvalue weighted by atomic mass is 10.1. The van der Waals surface area contributed by atoms with Gasteiger partial charge in [0.05, 0.1) is 12.6 Å². The monoisotopic (exact) mass is 520 g/mol. The fraction of sp³-hybridized carbons (Fsp3) is 0.381. The van der Waals surface area contributed by atoms with Gasteiger partial charge >= 0.3 is 0 Å². The number of aliphatic imine (C=N–C) groups is 1. The molecule has 0 aliphatic carbocycles. The highest BCUT2D eigenvalue weighted by molar-refractivity contribution is 14.0. The number of hydrogen-bond acceptors (Lipinski definition) is 2. The molecular formula is C21H28F3IN4. The molecular weight excluding hydrogens is 492 g/mol. The quantitative estimate of drug-likeness (QED) is 0.319. The van der Waals surface area contributed by atoms with E-state index in [0.29, 0.717) is 36.7 Å². The molecule has 2 rings (SSSR count). The van der Waals surface area contributed by atoms with E-state index in [0.717, 1.165) is 11.6 Å². The summed E-state index contributed by atoms with van der Waals surface area (Å²) in [7, 11) is 3.77. The van der Waals surface area contributed by atoms with Crippen LogP contribution in [0.3, 0.4) is 0 Å². The first-order valence-electron chi connectivity index (χ1n) is 9.22. The molecule has 0 aromatic heterocycles. The summed E-state index contributed by atoms with van der Waals surface area (Å²) in [6.07, 6.45) is 0. The van der Waals surface area contributed by atoms with Crippen LogP contribution in [0, 0.1) is 17.5 Å². The zero-order valence-corrected chi connectivity index (χ0v) is 19.4. The van der Waals surface area contributed by atoms with E-state index < -0.39 is 11.6 Å². The highest BCUT2D eigenvalue weighted by Gasteiger charge is 2.11. The molecule has 8 heteroatoms. The predicted octanol–water partition coefficient (Wildman–Crippen LogP) is 4.60. The van der Waals surface area contributed by atoms with Gasteiger partial charge in [-0.3, -0.25) is 0 Å². The van der Waals surface area contributed by atoms with Crippen LogP contribution >= 0.6 is 24.0 Å². The molecule has 0 aliphatic rings. The molecule has 29 heavy (non-hydrogen) atoms. The van der Waals surface area contributed by atoms with Crippen molar-refractivity contribution in [2.75, 3.05) is 20.6 Å². The largest absolute Gasteiger partial charge is 0.357 e. The summed E-state index contributed by atoms with van der Waals surface area (Å²) in [4.78, 5) is 6.43. The smallest absolute Gasteiger partial charge is 0.192 e. The third-order valence-corrected chi connectivity index (χ3v) is 4.16. The Morgan fingerprint density at radius 3 is 2.34 bits per heavy atom. The van der Waals surface area contributed by atoms with Gasteiger partial charge in [-0.05, 0) is 63.3 Å². The van der Waals surface area contributed by atoms with Gasteiger partial charge in [0, 0.05) is 18.7 Å². The summed E-state index contributed by atoms with van der Waals surface area (Å²) in [6.45, 7) is 5.29. The van der Waals surface area contributed by atoms with Gasteiger partial charge < -0.3 is 15.5 Å². The molecule has 1 unspecified atom stereocenters. The summed E-state index contributed by atoms with van der Waals surface area (Å²) >= 11 is 0. The molecule has 160 valence electrons. The SMILES string of the molecule is CCNC(=NCc1ccc(F)c(CN(C)C)c1)NC(C)c1ccc(F)c(F)c1.I. The first-order chi connectivity index (χ1) is 13.3. The molecule has 0 saturated carbocycles. The van der Waals surface area contributed by atoms with E-state index in [9.17, 15) is 13.2 Å². The second-order valence-electron chi connectivity index (χ2n) is 6.90. The Hall–Kier alpha value is -1.81. The molecule has 4 nitrogen and oxygen atoms in total. The molecule has 0 fully saturated rings. The van der Waals surface area contributed by atoms with E-state index in [1.807, 2.05) is 32.8 Å². The number of benzene rings is 2. The van der Waals surface area contributed by atoms with Gasteiger partial charge in [0.15, 0.2) is 17.6 Å². The maximum atomic E-state index is 13.9. The summed E-state index contributed by atoms with van der Waals surface area (Å²) in [5.41, 5.74) is 2.11. The Morgan fingerprint density at radius 2 is 1.72 bits per heavy atom. The number of guanidine groups is 1. The van der Waals surface area contributed by atoms with Crippen molar-refractivity contribution >= 4 is 29.9 Å². The molecule has 0 radical (unpaired) electrons. The minimum absolute atomic E-state index is 0. The Balaban J connectivity index is 0.00000420. The molecule has 2 aromatic rings. The Labute approximate surface area is 187 Å². The zero-order chi connectivity index (χ0) is 20.7. The Morgan fingerprint density at radius 1 is 1.03 bits per heavy atom. The molecule has 2 aromatic carbocycles. The standard InChI is InChI=1S/C21H27F3N4.HI/c1-5-25-21(27-14(2)16-7-9-19(23)20(24)11-16)26-12-15-6-8-18(22)17(10-15)13-28(3)4;/h6-11,14H,5,12-13H2,1-4H3,(H2,25,26,27);1H. The van der Waals surface area contributed by atoms with Crippen LogP contribution in [-0.4, -0.2) is 31.5 Å². The fourth-order valence-corrected chi connectivity index (χ4v) is 2.75. The molecule has 0 spiro atoms. The van der Waals surface area contributed by atoms with Gasteiger partial charge in [-0.25, -0.2) is 18.2 Å². The lowest BCUT2D eigenvalue weighted by Gasteiger charge is -2.18. The molecule has 2 N–H and O–H groups in total. The van der Waals surface area contributed by atoms with Crippen LogP contribution in [0.5, 0.6) is 0 Å². The van der Waals surface area contributed by atoms with Crippen molar-refractivity contribution < 1.29 is 13.2 Å². The van der Waals surface area contributed by atoms with Crippen LogP contribution in [0.25, 0.3) is 0 Å². The van der Waals surface area contributed by atoms with Crippen LogP contribution in [0.4, 0.5) is 13.2 Å². The van der Waals surface area contributed by atoms with Crippen molar-refractivity contribution in [3.05, 3.63) is 70.5 Å². The van der Waals surface area contributed by atoms with E-state index in [4.69, 9.17) is 0 Å². The van der Waals surface area contributed by atoms with Crippen LogP contribution in [0.15, 0.2) is 41.4 Å². The second kappa shape index (κ2) is 12.0. The van der Waals surface area contributed by atoms with E-state index in [1.54, 1.807) is 12.1 Å². The number of halogens is 4. The molecule has 1 atom stereocenters. The topological polar surface area (TPSA) is 39.7 Å². The highest BCUT2D eigenvalue weighted by Crippen LogP contribution is 2.16. The number of hydrogen-bond donors (Lipinski definition) is 2. The van der Waals surface area contributed by atoms with Gasteiger partial charge in [0.25, 0.3) is 0 Å². The second-order valence-corrected chi connectivity index (χ2v) is 6.90.